The highest BCUT2D eigenvalue weighted by molar-refractivity contribution is 7.98. The van der Waals surface area contributed by atoms with Crippen molar-refractivity contribution in [3.05, 3.63) is 47.5 Å². The molecular weight excluding hydrogens is 286 g/mol. The predicted molar refractivity (Wildman–Crippen MR) is 85.5 cm³/mol. The minimum atomic E-state index is 0.447. The second kappa shape index (κ2) is 6.65. The number of carbonyl (C=O) groups is 1. The van der Waals surface area contributed by atoms with Crippen LogP contribution in [0.25, 0.3) is 11.1 Å². The highest BCUT2D eigenvalue weighted by Crippen LogP contribution is 2.30. The van der Waals surface area contributed by atoms with Gasteiger partial charge in [-0.2, -0.15) is 5.26 Å². The number of nitriles is 1. The molecule has 0 atom stereocenters. The molecule has 2 aromatic carbocycles. The molecule has 0 aliphatic carbocycles. The molecule has 0 unspecified atom stereocenters. The summed E-state index contributed by atoms with van der Waals surface area (Å²) in [4.78, 5) is 13.2. The quantitative estimate of drug-likeness (QED) is 0.616. The molecule has 0 aromatic heterocycles. The summed E-state index contributed by atoms with van der Waals surface area (Å²) < 4.78 is 0. The van der Waals surface area contributed by atoms with Crippen molar-refractivity contribution in [3.8, 4) is 17.2 Å². The maximum absolute atomic E-state index is 11.2. The van der Waals surface area contributed by atoms with Gasteiger partial charge in [-0.15, -0.1) is 23.5 Å². The van der Waals surface area contributed by atoms with E-state index in [1.807, 2.05) is 30.7 Å². The van der Waals surface area contributed by atoms with E-state index in [0.29, 0.717) is 11.1 Å². The molecule has 0 spiro atoms. The molecule has 0 saturated heterocycles. The molecule has 20 heavy (non-hydrogen) atoms. The van der Waals surface area contributed by atoms with Crippen molar-refractivity contribution in [3.63, 3.8) is 0 Å². The molecule has 0 heterocycles. The van der Waals surface area contributed by atoms with Gasteiger partial charge in [0, 0.05) is 15.4 Å². The Bertz CT molecular complexity index is 672. The van der Waals surface area contributed by atoms with E-state index in [2.05, 4.69) is 18.2 Å². The first-order valence-electron chi connectivity index (χ1n) is 5.95. The summed E-state index contributed by atoms with van der Waals surface area (Å²) in [6.45, 7) is 0. The molecule has 0 radical (unpaired) electrons. The van der Waals surface area contributed by atoms with Gasteiger partial charge >= 0.3 is 0 Å². The summed E-state index contributed by atoms with van der Waals surface area (Å²) in [6.07, 6.45) is 4.69. The fraction of sp³-hybridized carbons (Fsp3) is 0.125. The zero-order valence-electron chi connectivity index (χ0n) is 11.2. The summed E-state index contributed by atoms with van der Waals surface area (Å²) in [6, 6.07) is 14.0. The predicted octanol–water partition coefficient (Wildman–Crippen LogP) is 4.48. The van der Waals surface area contributed by atoms with Gasteiger partial charge in [-0.3, -0.25) is 4.79 Å². The first kappa shape index (κ1) is 14.7. The molecule has 2 aromatic rings. The van der Waals surface area contributed by atoms with Crippen LogP contribution in [-0.4, -0.2) is 18.8 Å². The minimum Gasteiger partial charge on any atom is -0.298 e. The zero-order valence-corrected chi connectivity index (χ0v) is 12.8. The maximum Gasteiger partial charge on any atom is 0.151 e. The van der Waals surface area contributed by atoms with E-state index in [-0.39, 0.29) is 0 Å². The summed E-state index contributed by atoms with van der Waals surface area (Å²) in [7, 11) is 0. The van der Waals surface area contributed by atoms with Crippen LogP contribution in [0, 0.1) is 11.3 Å². The Morgan fingerprint density at radius 2 is 1.75 bits per heavy atom. The normalized spacial score (nSPS) is 10.1. The fourth-order valence-corrected chi connectivity index (χ4v) is 2.98. The van der Waals surface area contributed by atoms with Gasteiger partial charge in [0.25, 0.3) is 0 Å². The molecule has 0 saturated carbocycles. The number of nitrogens with zero attached hydrogens (tertiary/aromatic N) is 1. The van der Waals surface area contributed by atoms with Crippen molar-refractivity contribution in [2.45, 2.75) is 9.79 Å². The highest BCUT2D eigenvalue weighted by Gasteiger charge is 2.11. The third-order valence-electron chi connectivity index (χ3n) is 3.01. The average Bonchev–Trinajstić information content (AvgIpc) is 2.53. The van der Waals surface area contributed by atoms with Crippen LogP contribution < -0.4 is 0 Å². The second-order valence-corrected chi connectivity index (χ2v) is 5.83. The van der Waals surface area contributed by atoms with E-state index in [9.17, 15) is 4.79 Å². The van der Waals surface area contributed by atoms with E-state index in [0.717, 1.165) is 22.3 Å². The van der Waals surface area contributed by atoms with Crippen LogP contribution in [0.5, 0.6) is 0 Å². The number of aldehydes is 1. The third-order valence-corrected chi connectivity index (χ3v) is 4.52. The standard InChI is InChI=1S/C16H13NOS2/c1-19-14-5-3-11(4-6-14)12-7-13(10-18)15(9-17)16(8-12)20-2/h3-8,10H,1-2H3. The molecule has 2 nitrogen and oxygen atoms in total. The van der Waals surface area contributed by atoms with Gasteiger partial charge in [0.2, 0.25) is 0 Å². The highest BCUT2D eigenvalue weighted by atomic mass is 32.2. The van der Waals surface area contributed by atoms with Crippen molar-refractivity contribution < 1.29 is 4.79 Å². The van der Waals surface area contributed by atoms with Crippen LogP contribution in [0.3, 0.4) is 0 Å². The molecule has 0 amide bonds. The molecular formula is C16H13NOS2. The van der Waals surface area contributed by atoms with Crippen LogP contribution in [0.15, 0.2) is 46.2 Å². The van der Waals surface area contributed by atoms with Crippen LogP contribution in [0.1, 0.15) is 15.9 Å². The first-order valence-corrected chi connectivity index (χ1v) is 8.40. The maximum atomic E-state index is 11.2. The number of thioether (sulfide) groups is 2. The van der Waals surface area contributed by atoms with Crippen molar-refractivity contribution in [2.24, 2.45) is 0 Å². The summed E-state index contributed by atoms with van der Waals surface area (Å²) in [5.41, 5.74) is 2.91. The lowest BCUT2D eigenvalue weighted by Crippen LogP contribution is -1.92. The second-order valence-electron chi connectivity index (χ2n) is 4.10. The number of hydrogen-bond donors (Lipinski definition) is 0. The Labute approximate surface area is 127 Å². The monoisotopic (exact) mass is 299 g/mol. The summed E-state index contributed by atoms with van der Waals surface area (Å²) in [5, 5.41) is 9.17. The molecule has 0 N–H and O–H groups in total. The van der Waals surface area contributed by atoms with Gasteiger partial charge in [0.1, 0.15) is 6.07 Å². The third kappa shape index (κ3) is 2.90. The largest absolute Gasteiger partial charge is 0.298 e. The Kier molecular flexibility index (Phi) is 4.89. The minimum absolute atomic E-state index is 0.447. The Morgan fingerprint density at radius 1 is 1.05 bits per heavy atom. The van der Waals surface area contributed by atoms with Crippen molar-refractivity contribution in [2.75, 3.05) is 12.5 Å². The average molecular weight is 299 g/mol. The van der Waals surface area contributed by atoms with Crippen molar-refractivity contribution >= 4 is 29.8 Å². The van der Waals surface area contributed by atoms with E-state index in [1.54, 1.807) is 17.8 Å². The van der Waals surface area contributed by atoms with E-state index in [4.69, 9.17) is 5.26 Å². The van der Waals surface area contributed by atoms with Crippen molar-refractivity contribution in [1.29, 1.82) is 5.26 Å². The molecule has 0 aliphatic rings. The van der Waals surface area contributed by atoms with Crippen LogP contribution in [0.4, 0.5) is 0 Å². The Morgan fingerprint density at radius 3 is 2.25 bits per heavy atom. The molecule has 4 heteroatoms. The number of rotatable bonds is 4. The molecule has 100 valence electrons. The van der Waals surface area contributed by atoms with Gasteiger partial charge in [-0.25, -0.2) is 0 Å². The fourth-order valence-electron chi connectivity index (χ4n) is 1.96. The lowest BCUT2D eigenvalue weighted by atomic mass is 10.00. The summed E-state index contributed by atoms with van der Waals surface area (Å²) >= 11 is 3.17. The molecule has 0 bridgehead atoms. The van der Waals surface area contributed by atoms with E-state index < -0.39 is 0 Å². The van der Waals surface area contributed by atoms with Gasteiger partial charge in [0.15, 0.2) is 6.29 Å². The van der Waals surface area contributed by atoms with Crippen LogP contribution >= 0.6 is 23.5 Å². The van der Waals surface area contributed by atoms with Gasteiger partial charge in [0.05, 0.1) is 5.56 Å². The van der Waals surface area contributed by atoms with Crippen molar-refractivity contribution in [1.82, 2.24) is 0 Å². The number of hydrogen-bond acceptors (Lipinski definition) is 4. The van der Waals surface area contributed by atoms with Crippen LogP contribution in [0.2, 0.25) is 0 Å². The molecule has 0 aliphatic heterocycles. The Hall–Kier alpha value is -1.70. The smallest absolute Gasteiger partial charge is 0.151 e. The SMILES string of the molecule is CSc1ccc(-c2cc(C=O)c(C#N)c(SC)c2)cc1. The lowest BCUT2D eigenvalue weighted by Gasteiger charge is -2.09. The summed E-state index contributed by atoms with van der Waals surface area (Å²) in [5.74, 6) is 0. The van der Waals surface area contributed by atoms with Gasteiger partial charge in [-0.1, -0.05) is 12.1 Å². The van der Waals surface area contributed by atoms with Crippen LogP contribution in [-0.2, 0) is 0 Å². The van der Waals surface area contributed by atoms with E-state index >= 15 is 0 Å². The molecule has 2 rings (SSSR count). The number of benzene rings is 2. The van der Waals surface area contributed by atoms with Gasteiger partial charge < -0.3 is 0 Å². The zero-order chi connectivity index (χ0) is 14.5. The number of carbonyl (C=O) groups excluding carboxylic acids is 1. The topological polar surface area (TPSA) is 40.9 Å². The lowest BCUT2D eigenvalue weighted by molar-refractivity contribution is 0.112. The van der Waals surface area contributed by atoms with Gasteiger partial charge in [-0.05, 0) is 47.9 Å². The molecule has 0 fully saturated rings. The Balaban J connectivity index is 2.56. The van der Waals surface area contributed by atoms with E-state index in [1.165, 1.54) is 16.7 Å². The first-order chi connectivity index (χ1) is 9.73.